The molecule has 2 nitrogen and oxygen atoms in total. The molecule has 0 amide bonds. The first-order valence-corrected chi connectivity index (χ1v) is 25.6. The monoisotopic (exact) mass is 931 g/mol. The molecule has 3 aliphatic carbocycles. The van der Waals surface area contributed by atoms with Crippen molar-refractivity contribution in [1.29, 1.82) is 0 Å². The van der Waals surface area contributed by atoms with Crippen LogP contribution in [0.25, 0.3) is 88.7 Å². The molecule has 0 radical (unpaired) electrons. The van der Waals surface area contributed by atoms with Crippen LogP contribution < -0.4 is 4.90 Å². The number of nitrogens with zero attached hydrogens (tertiary/aromatic N) is 1. The fraction of sp³-hybridized carbons (Fsp3) is 0.0704. The van der Waals surface area contributed by atoms with E-state index in [2.05, 4.69) is 268 Å². The lowest BCUT2D eigenvalue weighted by atomic mass is 9.70. The van der Waals surface area contributed by atoms with Gasteiger partial charge in [0.05, 0.1) is 5.41 Å². The summed E-state index contributed by atoms with van der Waals surface area (Å²) in [6.45, 7) is 6.96. The Morgan fingerprint density at radius 2 is 0.781 bits per heavy atom. The van der Waals surface area contributed by atoms with Gasteiger partial charge >= 0.3 is 0 Å². The SMILES string of the molecule is Cc1cc(-c2cccc3c2oc2c(-c4ccc(N(c5ccc(-c6ccccc6)cc5)c5ccc6c(c5)C(C)(C)c5ccccc5-6)cc4)cccc23)c2c(c1)C1(c3ccccc3-c3ccccc31)c1ccccc1-2. The summed E-state index contributed by atoms with van der Waals surface area (Å²) in [5, 5.41) is 2.23. The lowest BCUT2D eigenvalue weighted by Gasteiger charge is -2.30. The van der Waals surface area contributed by atoms with Crippen LogP contribution in [0.5, 0.6) is 0 Å². The van der Waals surface area contributed by atoms with Crippen molar-refractivity contribution >= 4 is 39.0 Å². The van der Waals surface area contributed by atoms with Crippen LogP contribution in [0.1, 0.15) is 52.8 Å². The lowest BCUT2D eigenvalue weighted by molar-refractivity contribution is 0.660. The summed E-state index contributed by atoms with van der Waals surface area (Å²) < 4.78 is 7.28. The van der Waals surface area contributed by atoms with Crippen LogP contribution in [0.15, 0.2) is 247 Å². The van der Waals surface area contributed by atoms with Crippen molar-refractivity contribution < 1.29 is 4.42 Å². The van der Waals surface area contributed by atoms with Crippen molar-refractivity contribution in [2.45, 2.75) is 31.6 Å². The number of furan rings is 1. The van der Waals surface area contributed by atoms with Gasteiger partial charge in [0.25, 0.3) is 0 Å². The molecule has 0 bridgehead atoms. The summed E-state index contributed by atoms with van der Waals surface area (Å²) in [5.74, 6) is 0. The fourth-order valence-electron chi connectivity index (χ4n) is 13.3. The van der Waals surface area contributed by atoms with E-state index < -0.39 is 5.41 Å². The number of fused-ring (bicyclic) bond motifs is 16. The highest BCUT2D eigenvalue weighted by Gasteiger charge is 2.52. The molecule has 1 heterocycles. The molecule has 12 aromatic rings. The Bertz CT molecular complexity index is 4180. The number of para-hydroxylation sites is 2. The number of rotatable bonds is 6. The molecule has 0 atom stereocenters. The third kappa shape index (κ3) is 5.87. The van der Waals surface area contributed by atoms with E-state index in [9.17, 15) is 0 Å². The molecule has 0 saturated heterocycles. The highest BCUT2D eigenvalue weighted by atomic mass is 16.3. The van der Waals surface area contributed by atoms with Gasteiger partial charge in [-0.2, -0.15) is 0 Å². The molecule has 0 saturated carbocycles. The maximum atomic E-state index is 7.28. The van der Waals surface area contributed by atoms with Crippen LogP contribution in [-0.4, -0.2) is 0 Å². The van der Waals surface area contributed by atoms with E-state index in [1.165, 1.54) is 89.0 Å². The second-order valence-electron chi connectivity index (χ2n) is 20.8. The van der Waals surface area contributed by atoms with E-state index in [4.69, 9.17) is 4.42 Å². The van der Waals surface area contributed by atoms with Gasteiger partial charge in [0, 0.05) is 44.4 Å². The smallest absolute Gasteiger partial charge is 0.143 e. The van der Waals surface area contributed by atoms with E-state index in [0.717, 1.165) is 55.7 Å². The standard InChI is InChI=1S/C71H49NO/c1-44-41-60(67-59-22-10-14-30-64(59)71(66(67)42-44)62-28-12-8-20-53(62)54-21-9-13-29-63(54)71)58-26-16-25-57-56-24-15-23-51(68(56)73-69(57)58)47-33-37-49(38-34-47)72(48-35-31-46(32-36-48)45-17-5-4-6-18-45)50-39-40-55-52-19-7-11-27-61(52)70(2,3)65(55)43-50/h4-43H,1-3H3. The zero-order valence-electron chi connectivity index (χ0n) is 40.9. The second-order valence-corrected chi connectivity index (χ2v) is 20.8. The summed E-state index contributed by atoms with van der Waals surface area (Å²) >= 11 is 0. The van der Waals surface area contributed by atoms with E-state index >= 15 is 0 Å². The van der Waals surface area contributed by atoms with Gasteiger partial charge in [0.2, 0.25) is 0 Å². The van der Waals surface area contributed by atoms with Crippen molar-refractivity contribution in [1.82, 2.24) is 0 Å². The molecule has 0 fully saturated rings. The molecule has 11 aromatic carbocycles. The molecule has 1 aromatic heterocycles. The second kappa shape index (κ2) is 15.5. The topological polar surface area (TPSA) is 16.4 Å². The normalized spacial score (nSPS) is 13.9. The number of aryl methyl sites for hydroxylation is 1. The van der Waals surface area contributed by atoms with Crippen LogP contribution in [0, 0.1) is 6.92 Å². The molecule has 15 rings (SSSR count). The Morgan fingerprint density at radius 3 is 1.42 bits per heavy atom. The van der Waals surface area contributed by atoms with E-state index in [0.29, 0.717) is 0 Å². The zero-order valence-corrected chi connectivity index (χ0v) is 40.9. The Kier molecular flexibility index (Phi) is 8.87. The van der Waals surface area contributed by atoms with Crippen LogP contribution >= 0.6 is 0 Å². The predicted molar refractivity (Wildman–Crippen MR) is 303 cm³/mol. The average Bonchev–Trinajstić information content (AvgIpc) is 4.26. The minimum Gasteiger partial charge on any atom is -0.455 e. The molecule has 73 heavy (non-hydrogen) atoms. The van der Waals surface area contributed by atoms with Gasteiger partial charge in [-0.1, -0.05) is 226 Å². The highest BCUT2D eigenvalue weighted by Crippen LogP contribution is 2.64. The highest BCUT2D eigenvalue weighted by molar-refractivity contribution is 6.14. The number of anilines is 3. The molecular weight excluding hydrogens is 883 g/mol. The molecule has 0 N–H and O–H groups in total. The Balaban J connectivity index is 0.862. The van der Waals surface area contributed by atoms with Crippen molar-refractivity contribution in [3.05, 3.63) is 282 Å². The first kappa shape index (κ1) is 41.8. The van der Waals surface area contributed by atoms with Crippen molar-refractivity contribution in [2.24, 2.45) is 0 Å². The van der Waals surface area contributed by atoms with Crippen LogP contribution in [0.2, 0.25) is 0 Å². The average molecular weight is 932 g/mol. The van der Waals surface area contributed by atoms with Gasteiger partial charge in [-0.15, -0.1) is 0 Å². The number of hydrogen-bond acceptors (Lipinski definition) is 2. The molecule has 1 spiro atoms. The largest absolute Gasteiger partial charge is 0.455 e. The molecular formula is C71H49NO. The maximum absolute atomic E-state index is 7.28. The first-order valence-electron chi connectivity index (χ1n) is 25.6. The Morgan fingerprint density at radius 1 is 0.315 bits per heavy atom. The van der Waals surface area contributed by atoms with E-state index in [1.54, 1.807) is 0 Å². The van der Waals surface area contributed by atoms with E-state index in [-0.39, 0.29) is 5.41 Å². The molecule has 0 aliphatic heterocycles. The van der Waals surface area contributed by atoms with Crippen LogP contribution in [0.3, 0.4) is 0 Å². The van der Waals surface area contributed by atoms with Crippen LogP contribution in [0.4, 0.5) is 17.1 Å². The lowest BCUT2D eigenvalue weighted by Crippen LogP contribution is -2.25. The summed E-state index contributed by atoms with van der Waals surface area (Å²) in [7, 11) is 0. The third-order valence-corrected chi connectivity index (χ3v) is 16.5. The fourth-order valence-corrected chi connectivity index (χ4v) is 13.3. The van der Waals surface area contributed by atoms with Crippen molar-refractivity contribution in [3.8, 4) is 66.8 Å². The quantitative estimate of drug-likeness (QED) is 0.165. The Hall–Kier alpha value is -8.98. The first-order chi connectivity index (χ1) is 35.9. The van der Waals surface area contributed by atoms with Gasteiger partial charge in [0.15, 0.2) is 0 Å². The van der Waals surface area contributed by atoms with Crippen molar-refractivity contribution in [2.75, 3.05) is 4.90 Å². The van der Waals surface area contributed by atoms with Crippen LogP contribution in [-0.2, 0) is 10.8 Å². The third-order valence-electron chi connectivity index (χ3n) is 16.5. The Labute approximate surface area is 426 Å². The van der Waals surface area contributed by atoms with Crippen molar-refractivity contribution in [3.63, 3.8) is 0 Å². The summed E-state index contributed by atoms with van der Waals surface area (Å²) in [5.41, 5.74) is 28.6. The summed E-state index contributed by atoms with van der Waals surface area (Å²) in [4.78, 5) is 2.40. The van der Waals surface area contributed by atoms with Gasteiger partial charge in [-0.3, -0.25) is 0 Å². The maximum Gasteiger partial charge on any atom is 0.143 e. The molecule has 0 unspecified atom stereocenters. The van der Waals surface area contributed by atoms with Gasteiger partial charge in [-0.05, 0) is 132 Å². The number of hydrogen-bond donors (Lipinski definition) is 0. The molecule has 344 valence electrons. The van der Waals surface area contributed by atoms with Gasteiger partial charge in [-0.25, -0.2) is 0 Å². The molecule has 2 heteroatoms. The van der Waals surface area contributed by atoms with E-state index in [1.807, 2.05) is 0 Å². The summed E-state index contributed by atoms with van der Waals surface area (Å²) in [6.07, 6.45) is 0. The predicted octanol–water partition coefficient (Wildman–Crippen LogP) is 19.0. The minimum absolute atomic E-state index is 0.125. The molecule has 3 aliphatic rings. The minimum atomic E-state index is -0.425. The van der Waals surface area contributed by atoms with Gasteiger partial charge in [0.1, 0.15) is 11.2 Å². The summed E-state index contributed by atoms with van der Waals surface area (Å²) in [6, 6.07) is 89.9. The zero-order chi connectivity index (χ0) is 48.6. The number of benzene rings is 11. The van der Waals surface area contributed by atoms with Gasteiger partial charge < -0.3 is 9.32 Å².